The zero-order chi connectivity index (χ0) is 16.4. The van der Waals surface area contributed by atoms with Crippen LogP contribution in [0.5, 0.6) is 0 Å². The van der Waals surface area contributed by atoms with Crippen molar-refractivity contribution in [1.29, 1.82) is 0 Å². The molecule has 1 N–H and O–H groups in total. The molecule has 2 amide bonds. The van der Waals surface area contributed by atoms with Crippen molar-refractivity contribution in [2.75, 3.05) is 12.9 Å². The Balaban J connectivity index is 2.92. The molecule has 21 heavy (non-hydrogen) atoms. The van der Waals surface area contributed by atoms with Crippen LogP contribution >= 0.6 is 11.8 Å². The normalized spacial score (nSPS) is 26.1. The van der Waals surface area contributed by atoms with Crippen LogP contribution in [-0.2, 0) is 23.9 Å². The van der Waals surface area contributed by atoms with E-state index in [-0.39, 0.29) is 11.7 Å². The van der Waals surface area contributed by atoms with Gasteiger partial charge in [-0.15, -0.1) is 11.8 Å². The van der Waals surface area contributed by atoms with E-state index in [1.54, 1.807) is 6.92 Å². The fraction of sp³-hybridized carbons (Fsp3) is 0.692. The Morgan fingerprint density at radius 2 is 1.90 bits per heavy atom. The first-order valence-corrected chi connectivity index (χ1v) is 7.46. The zero-order valence-corrected chi connectivity index (χ0v) is 13.6. The lowest BCUT2D eigenvalue weighted by Gasteiger charge is -2.34. The number of nitrogens with zero attached hydrogens (tertiary/aromatic N) is 1. The van der Waals surface area contributed by atoms with Gasteiger partial charge in [-0.05, 0) is 20.8 Å². The maximum atomic E-state index is 12.3. The lowest BCUT2D eigenvalue weighted by Crippen LogP contribution is -2.57. The molecule has 8 heteroatoms. The quantitative estimate of drug-likeness (QED) is 0.730. The molecule has 1 fully saturated rings. The minimum Gasteiger partial charge on any atom is -0.467 e. The Morgan fingerprint density at radius 3 is 2.33 bits per heavy atom. The molecule has 0 aromatic heterocycles. The van der Waals surface area contributed by atoms with Gasteiger partial charge in [0.15, 0.2) is 5.78 Å². The van der Waals surface area contributed by atoms with Crippen molar-refractivity contribution in [1.82, 2.24) is 10.2 Å². The molecule has 118 valence electrons. The van der Waals surface area contributed by atoms with E-state index < -0.39 is 28.8 Å². The summed E-state index contributed by atoms with van der Waals surface area (Å²) in [4.78, 5) is 47.5. The summed E-state index contributed by atoms with van der Waals surface area (Å²) >= 11 is 1.25. The van der Waals surface area contributed by atoms with Gasteiger partial charge in [0.05, 0.1) is 7.11 Å². The third-order valence-electron chi connectivity index (χ3n) is 3.50. The molecule has 1 heterocycles. The molecule has 1 rings (SSSR count). The number of carbonyl (C=O) groups excluding carboxylic acids is 4. The average Bonchev–Trinajstić information content (AvgIpc) is 2.77. The van der Waals surface area contributed by atoms with Gasteiger partial charge in [-0.3, -0.25) is 14.4 Å². The Labute approximate surface area is 127 Å². The Morgan fingerprint density at radius 1 is 1.33 bits per heavy atom. The molecule has 1 saturated heterocycles. The van der Waals surface area contributed by atoms with Gasteiger partial charge in [-0.1, -0.05) is 0 Å². The van der Waals surface area contributed by atoms with Crippen LogP contribution < -0.4 is 5.32 Å². The number of hydrogen-bond acceptors (Lipinski definition) is 6. The van der Waals surface area contributed by atoms with Gasteiger partial charge < -0.3 is 15.0 Å². The van der Waals surface area contributed by atoms with Crippen LogP contribution in [0.4, 0.5) is 0 Å². The summed E-state index contributed by atoms with van der Waals surface area (Å²) < 4.78 is 4.54. The first-order chi connectivity index (χ1) is 9.65. The third kappa shape index (κ3) is 3.37. The van der Waals surface area contributed by atoms with Crippen LogP contribution in [0.1, 0.15) is 27.7 Å². The molecule has 2 unspecified atom stereocenters. The zero-order valence-electron chi connectivity index (χ0n) is 12.8. The van der Waals surface area contributed by atoms with Crippen molar-refractivity contribution in [2.45, 2.75) is 44.6 Å². The van der Waals surface area contributed by atoms with E-state index in [9.17, 15) is 19.2 Å². The monoisotopic (exact) mass is 316 g/mol. The highest BCUT2D eigenvalue weighted by atomic mass is 32.2. The molecule has 0 radical (unpaired) electrons. The molecular weight excluding hydrogens is 296 g/mol. The van der Waals surface area contributed by atoms with E-state index in [1.807, 2.05) is 0 Å². The van der Waals surface area contributed by atoms with E-state index in [4.69, 9.17) is 0 Å². The molecule has 1 aliphatic heterocycles. The van der Waals surface area contributed by atoms with Crippen molar-refractivity contribution in [3.63, 3.8) is 0 Å². The minimum absolute atomic E-state index is 0.195. The van der Waals surface area contributed by atoms with Crippen molar-refractivity contribution < 1.29 is 23.9 Å². The van der Waals surface area contributed by atoms with Crippen LogP contribution in [0.15, 0.2) is 0 Å². The standard InChI is InChI=1S/C13H20N2O5S/c1-7(12(19)20-5)14-11(18)10-6-21-13(4,8(2)16)15(10)9(3)17/h7,10H,6H2,1-5H3,(H,14,18)/t7-,10?,13?/m0/s1. The predicted molar refractivity (Wildman–Crippen MR) is 77.5 cm³/mol. The van der Waals surface area contributed by atoms with Crippen LogP contribution in [0.3, 0.4) is 0 Å². The van der Waals surface area contributed by atoms with Gasteiger partial charge in [0.1, 0.15) is 17.0 Å². The number of ketones is 1. The van der Waals surface area contributed by atoms with Crippen LogP contribution in [0.2, 0.25) is 0 Å². The number of nitrogens with one attached hydrogen (secondary N) is 1. The van der Waals surface area contributed by atoms with Gasteiger partial charge in [0.2, 0.25) is 11.8 Å². The maximum Gasteiger partial charge on any atom is 0.328 e. The number of methoxy groups -OCH3 is 1. The number of carbonyl (C=O) groups is 4. The van der Waals surface area contributed by atoms with Gasteiger partial charge in [0.25, 0.3) is 0 Å². The van der Waals surface area contributed by atoms with Crippen molar-refractivity contribution in [3.8, 4) is 0 Å². The SMILES string of the molecule is COC(=O)[C@H](C)NC(=O)C1CSC(C)(C(C)=O)N1C(C)=O. The number of Topliss-reactive ketones (excluding diaryl/α,β-unsaturated/α-hetero) is 1. The van der Waals surface area contributed by atoms with E-state index in [2.05, 4.69) is 10.1 Å². The van der Waals surface area contributed by atoms with Gasteiger partial charge in [0, 0.05) is 12.7 Å². The van der Waals surface area contributed by atoms with E-state index in [1.165, 1.54) is 44.5 Å². The number of rotatable bonds is 4. The summed E-state index contributed by atoms with van der Waals surface area (Å²) in [7, 11) is 1.23. The molecule has 0 aromatic rings. The molecule has 0 saturated carbocycles. The highest BCUT2D eigenvalue weighted by Crippen LogP contribution is 2.40. The van der Waals surface area contributed by atoms with Gasteiger partial charge >= 0.3 is 5.97 Å². The molecule has 0 aliphatic carbocycles. The number of ether oxygens (including phenoxy) is 1. The largest absolute Gasteiger partial charge is 0.467 e. The molecule has 0 aromatic carbocycles. The number of esters is 1. The highest BCUT2D eigenvalue weighted by molar-refractivity contribution is 8.01. The molecular formula is C13H20N2O5S. The lowest BCUT2D eigenvalue weighted by molar-refractivity contribution is -0.147. The molecule has 7 nitrogen and oxygen atoms in total. The van der Waals surface area contributed by atoms with Crippen LogP contribution in [0.25, 0.3) is 0 Å². The van der Waals surface area contributed by atoms with Crippen LogP contribution in [-0.4, -0.2) is 58.3 Å². The first kappa shape index (κ1) is 17.5. The molecule has 0 bridgehead atoms. The molecule has 1 aliphatic rings. The third-order valence-corrected chi connectivity index (χ3v) is 5.03. The summed E-state index contributed by atoms with van der Waals surface area (Å²) in [6.07, 6.45) is 0. The summed E-state index contributed by atoms with van der Waals surface area (Å²) in [5.74, 6) is -1.30. The van der Waals surface area contributed by atoms with Crippen molar-refractivity contribution in [3.05, 3.63) is 0 Å². The molecule has 0 spiro atoms. The number of hydrogen-bond donors (Lipinski definition) is 1. The lowest BCUT2D eigenvalue weighted by atomic mass is 10.1. The summed E-state index contributed by atoms with van der Waals surface area (Å²) in [5.41, 5.74) is 0. The van der Waals surface area contributed by atoms with Gasteiger partial charge in [-0.2, -0.15) is 0 Å². The average molecular weight is 316 g/mol. The summed E-state index contributed by atoms with van der Waals surface area (Å²) in [6.45, 7) is 5.82. The fourth-order valence-corrected chi connectivity index (χ4v) is 3.59. The van der Waals surface area contributed by atoms with E-state index in [0.717, 1.165) is 0 Å². The van der Waals surface area contributed by atoms with E-state index in [0.29, 0.717) is 5.75 Å². The Hall–Kier alpha value is -1.57. The van der Waals surface area contributed by atoms with E-state index >= 15 is 0 Å². The second-order valence-electron chi connectivity index (χ2n) is 5.01. The minimum atomic E-state index is -1.05. The number of amides is 2. The topological polar surface area (TPSA) is 92.8 Å². The second-order valence-corrected chi connectivity index (χ2v) is 6.43. The second kappa shape index (κ2) is 6.46. The van der Waals surface area contributed by atoms with Gasteiger partial charge in [-0.25, -0.2) is 4.79 Å². The highest BCUT2D eigenvalue weighted by Gasteiger charge is 2.51. The van der Waals surface area contributed by atoms with Crippen LogP contribution in [0, 0.1) is 0 Å². The smallest absolute Gasteiger partial charge is 0.328 e. The summed E-state index contributed by atoms with van der Waals surface area (Å²) in [5, 5.41) is 2.50. The van der Waals surface area contributed by atoms with Crippen molar-refractivity contribution >= 4 is 35.3 Å². The Bertz CT molecular complexity index is 481. The van der Waals surface area contributed by atoms with Crippen molar-refractivity contribution in [2.24, 2.45) is 0 Å². The first-order valence-electron chi connectivity index (χ1n) is 6.48. The summed E-state index contributed by atoms with van der Waals surface area (Å²) in [6, 6.07) is -1.60. The number of thioether (sulfide) groups is 1. The Kier molecular flexibility index (Phi) is 5.38. The maximum absolute atomic E-state index is 12.3. The predicted octanol–water partition coefficient (Wildman–Crippen LogP) is -0.0668. The fourth-order valence-electron chi connectivity index (χ4n) is 2.21. The molecule has 3 atom stereocenters.